The molecule has 2 atom stereocenters. The molecule has 2 aliphatic rings. The maximum Gasteiger partial charge on any atom is 0.315 e. The van der Waals surface area contributed by atoms with Gasteiger partial charge in [0.05, 0.1) is 25.4 Å². The minimum Gasteiger partial charge on any atom is -0.377 e. The highest BCUT2D eigenvalue weighted by atomic mass is 16.5. The lowest BCUT2D eigenvalue weighted by molar-refractivity contribution is 0.0860. The topological polar surface area (TPSA) is 59.6 Å². The number of hydrogen-bond donors (Lipinski definition) is 2. The van der Waals surface area contributed by atoms with Gasteiger partial charge in [-0.15, -0.1) is 0 Å². The van der Waals surface area contributed by atoms with Crippen LogP contribution in [0.3, 0.4) is 0 Å². The van der Waals surface area contributed by atoms with Crippen LogP contribution in [0.5, 0.6) is 0 Å². The molecule has 2 unspecified atom stereocenters. The summed E-state index contributed by atoms with van der Waals surface area (Å²) in [6.45, 7) is 4.99. The Labute approximate surface area is 114 Å². The summed E-state index contributed by atoms with van der Waals surface area (Å²) in [5.41, 5.74) is 1.37. The molecule has 1 fully saturated rings. The molecular formula is C14H24N2O3. The highest BCUT2D eigenvalue weighted by molar-refractivity contribution is 5.74. The van der Waals surface area contributed by atoms with Crippen molar-refractivity contribution in [2.45, 2.75) is 44.8 Å². The third kappa shape index (κ3) is 4.84. The van der Waals surface area contributed by atoms with Gasteiger partial charge in [-0.05, 0) is 32.6 Å². The van der Waals surface area contributed by atoms with Gasteiger partial charge in [-0.25, -0.2) is 4.79 Å². The highest BCUT2D eigenvalue weighted by Crippen LogP contribution is 2.15. The van der Waals surface area contributed by atoms with Crippen LogP contribution in [0.4, 0.5) is 4.79 Å². The number of ether oxygens (including phenoxy) is 2. The number of urea groups is 1. The second kappa shape index (κ2) is 7.50. The number of nitrogens with one attached hydrogen (secondary N) is 2. The molecule has 2 amide bonds. The summed E-state index contributed by atoms with van der Waals surface area (Å²) in [4.78, 5) is 11.7. The maximum absolute atomic E-state index is 11.7. The van der Waals surface area contributed by atoms with Gasteiger partial charge in [-0.3, -0.25) is 0 Å². The first-order chi connectivity index (χ1) is 9.25. The van der Waals surface area contributed by atoms with Crippen molar-refractivity contribution in [1.29, 1.82) is 0 Å². The molecule has 2 N–H and O–H groups in total. The fourth-order valence-electron chi connectivity index (χ4n) is 2.48. The predicted molar refractivity (Wildman–Crippen MR) is 73.1 cm³/mol. The van der Waals surface area contributed by atoms with E-state index >= 15 is 0 Å². The molecule has 1 saturated heterocycles. The maximum atomic E-state index is 11.7. The first-order valence-electron chi connectivity index (χ1n) is 7.17. The lowest BCUT2D eigenvalue weighted by Gasteiger charge is -2.20. The molecule has 2 heterocycles. The Morgan fingerprint density at radius 1 is 1.53 bits per heavy atom. The van der Waals surface area contributed by atoms with Crippen LogP contribution < -0.4 is 10.6 Å². The molecule has 0 aromatic carbocycles. The van der Waals surface area contributed by atoms with Crippen LogP contribution in [0.2, 0.25) is 0 Å². The number of rotatable bonds is 5. The summed E-state index contributed by atoms with van der Waals surface area (Å²) in [5.74, 6) is 0. The molecule has 5 heteroatoms. The van der Waals surface area contributed by atoms with Gasteiger partial charge in [0.2, 0.25) is 0 Å². The van der Waals surface area contributed by atoms with Gasteiger partial charge in [0.15, 0.2) is 0 Å². The Hall–Kier alpha value is -1.07. The fourth-order valence-corrected chi connectivity index (χ4v) is 2.48. The number of carbonyl (C=O) groups excluding carboxylic acids is 1. The second-order valence-corrected chi connectivity index (χ2v) is 5.18. The normalized spacial score (nSPS) is 24.7. The molecule has 0 spiro atoms. The minimum absolute atomic E-state index is 0.0739. The van der Waals surface area contributed by atoms with E-state index in [4.69, 9.17) is 9.47 Å². The van der Waals surface area contributed by atoms with Gasteiger partial charge in [-0.1, -0.05) is 11.6 Å². The van der Waals surface area contributed by atoms with E-state index in [9.17, 15) is 4.79 Å². The monoisotopic (exact) mass is 268 g/mol. The molecule has 0 aromatic heterocycles. The Kier molecular flexibility index (Phi) is 5.66. The van der Waals surface area contributed by atoms with Crippen molar-refractivity contribution in [2.75, 3.05) is 26.4 Å². The lowest BCUT2D eigenvalue weighted by Crippen LogP contribution is -2.46. The third-order valence-corrected chi connectivity index (χ3v) is 3.67. The largest absolute Gasteiger partial charge is 0.377 e. The average Bonchev–Trinajstić information content (AvgIpc) is 2.94. The molecule has 2 rings (SSSR count). The summed E-state index contributed by atoms with van der Waals surface area (Å²) < 4.78 is 10.8. The summed E-state index contributed by atoms with van der Waals surface area (Å²) in [7, 11) is 0. The van der Waals surface area contributed by atoms with Crippen molar-refractivity contribution in [3.8, 4) is 0 Å². The quantitative estimate of drug-likeness (QED) is 0.744. The van der Waals surface area contributed by atoms with Crippen molar-refractivity contribution in [3.63, 3.8) is 0 Å². The van der Waals surface area contributed by atoms with Crippen LogP contribution in [0, 0.1) is 0 Å². The molecule has 2 aliphatic heterocycles. The Morgan fingerprint density at radius 2 is 2.42 bits per heavy atom. The Morgan fingerprint density at radius 3 is 3.11 bits per heavy atom. The molecule has 108 valence electrons. The van der Waals surface area contributed by atoms with E-state index in [0.29, 0.717) is 13.2 Å². The summed E-state index contributed by atoms with van der Waals surface area (Å²) >= 11 is 0. The molecule has 0 aromatic rings. The van der Waals surface area contributed by atoms with E-state index in [0.717, 1.165) is 38.9 Å². The Bertz CT molecular complexity index is 325. The van der Waals surface area contributed by atoms with Crippen LogP contribution >= 0.6 is 0 Å². The lowest BCUT2D eigenvalue weighted by atomic mass is 10.1. The number of hydrogen-bond acceptors (Lipinski definition) is 3. The molecular weight excluding hydrogens is 244 g/mol. The van der Waals surface area contributed by atoms with Gasteiger partial charge in [0, 0.05) is 13.2 Å². The molecule has 19 heavy (non-hydrogen) atoms. The van der Waals surface area contributed by atoms with Gasteiger partial charge in [-0.2, -0.15) is 0 Å². The zero-order valence-corrected chi connectivity index (χ0v) is 11.6. The summed E-state index contributed by atoms with van der Waals surface area (Å²) in [5, 5.41) is 5.84. The van der Waals surface area contributed by atoms with Crippen LogP contribution in [0.1, 0.15) is 32.6 Å². The molecule has 0 aliphatic carbocycles. The van der Waals surface area contributed by atoms with E-state index < -0.39 is 0 Å². The van der Waals surface area contributed by atoms with Crippen LogP contribution in [0.15, 0.2) is 11.6 Å². The predicted octanol–water partition coefficient (Wildman–Crippen LogP) is 1.59. The second-order valence-electron chi connectivity index (χ2n) is 5.18. The van der Waals surface area contributed by atoms with Crippen LogP contribution in [0.25, 0.3) is 0 Å². The minimum atomic E-state index is -0.101. The van der Waals surface area contributed by atoms with E-state index in [-0.39, 0.29) is 18.2 Å². The van der Waals surface area contributed by atoms with Crippen molar-refractivity contribution in [2.24, 2.45) is 0 Å². The van der Waals surface area contributed by atoms with Gasteiger partial charge in [0.1, 0.15) is 0 Å². The SMILES string of the molecule is CC(NC(=O)NCCC1=CCOCC1)C1CCCO1. The van der Waals surface area contributed by atoms with Crippen molar-refractivity contribution < 1.29 is 14.3 Å². The smallest absolute Gasteiger partial charge is 0.315 e. The standard InChI is InChI=1S/C14H24N2O3/c1-11(13-3-2-8-19-13)16-14(17)15-7-4-12-5-9-18-10-6-12/h5,11,13H,2-4,6-10H2,1H3,(H2,15,16,17). The van der Waals surface area contributed by atoms with Gasteiger partial charge < -0.3 is 20.1 Å². The van der Waals surface area contributed by atoms with Crippen molar-refractivity contribution >= 4 is 6.03 Å². The van der Waals surface area contributed by atoms with E-state index in [1.165, 1.54) is 5.57 Å². The van der Waals surface area contributed by atoms with E-state index in [1.807, 2.05) is 6.92 Å². The van der Waals surface area contributed by atoms with Crippen LogP contribution in [-0.2, 0) is 9.47 Å². The van der Waals surface area contributed by atoms with Gasteiger partial charge >= 0.3 is 6.03 Å². The first kappa shape index (κ1) is 14.3. The zero-order chi connectivity index (χ0) is 13.5. The third-order valence-electron chi connectivity index (χ3n) is 3.67. The number of amides is 2. The molecule has 0 bridgehead atoms. The fraction of sp³-hybridized carbons (Fsp3) is 0.786. The van der Waals surface area contributed by atoms with Crippen molar-refractivity contribution in [3.05, 3.63) is 11.6 Å². The van der Waals surface area contributed by atoms with Gasteiger partial charge in [0.25, 0.3) is 0 Å². The molecule has 0 radical (unpaired) electrons. The van der Waals surface area contributed by atoms with E-state index in [2.05, 4.69) is 16.7 Å². The van der Waals surface area contributed by atoms with Crippen molar-refractivity contribution in [1.82, 2.24) is 10.6 Å². The Balaban J connectivity index is 1.59. The summed E-state index contributed by atoms with van der Waals surface area (Å²) in [6, 6.07) is -0.0274. The number of carbonyl (C=O) groups is 1. The zero-order valence-electron chi connectivity index (χ0n) is 11.6. The highest BCUT2D eigenvalue weighted by Gasteiger charge is 2.23. The summed E-state index contributed by atoms with van der Waals surface area (Å²) in [6.07, 6.45) is 6.30. The first-order valence-corrected chi connectivity index (χ1v) is 7.17. The molecule has 5 nitrogen and oxygen atoms in total. The van der Waals surface area contributed by atoms with Crippen LogP contribution in [-0.4, -0.2) is 44.5 Å². The average molecular weight is 268 g/mol. The molecule has 0 saturated carbocycles. The van der Waals surface area contributed by atoms with E-state index in [1.54, 1.807) is 0 Å².